The van der Waals surface area contributed by atoms with E-state index in [4.69, 9.17) is 5.11 Å². The van der Waals surface area contributed by atoms with Crippen molar-refractivity contribution in [2.75, 3.05) is 7.05 Å². The van der Waals surface area contributed by atoms with Crippen LogP contribution in [0.15, 0.2) is 0 Å². The van der Waals surface area contributed by atoms with Crippen LogP contribution in [0.5, 0.6) is 0 Å². The van der Waals surface area contributed by atoms with Gasteiger partial charge in [0.25, 0.3) is 0 Å². The first-order valence-electron chi connectivity index (χ1n) is 6.77. The number of likely N-dealkylation sites (N-methyl/N-ethyl adjacent to an activating group) is 1. The Labute approximate surface area is 110 Å². The second kappa shape index (κ2) is 7.39. The molecular weight excluding hydrogens is 230 g/mol. The SMILES string of the molecule is CCCCC(CC)CC(=O)N(C)C(C)(C)C(=O)O. The van der Waals surface area contributed by atoms with E-state index >= 15 is 0 Å². The average Bonchev–Trinajstić information content (AvgIpc) is 2.32. The highest BCUT2D eigenvalue weighted by atomic mass is 16.4. The molecule has 0 spiro atoms. The third kappa shape index (κ3) is 4.67. The van der Waals surface area contributed by atoms with Gasteiger partial charge in [0.1, 0.15) is 5.54 Å². The Balaban J connectivity index is 4.51. The summed E-state index contributed by atoms with van der Waals surface area (Å²) in [5.41, 5.74) is -1.14. The number of unbranched alkanes of at least 4 members (excludes halogenated alkanes) is 1. The van der Waals surface area contributed by atoms with E-state index in [0.717, 1.165) is 25.7 Å². The summed E-state index contributed by atoms with van der Waals surface area (Å²) in [6.07, 6.45) is 4.70. The van der Waals surface area contributed by atoms with E-state index in [2.05, 4.69) is 13.8 Å². The molecule has 0 saturated heterocycles. The Morgan fingerprint density at radius 2 is 1.83 bits per heavy atom. The van der Waals surface area contributed by atoms with Gasteiger partial charge in [0.05, 0.1) is 0 Å². The molecule has 1 unspecified atom stereocenters. The number of amides is 1. The lowest BCUT2D eigenvalue weighted by Gasteiger charge is -2.32. The average molecular weight is 257 g/mol. The van der Waals surface area contributed by atoms with E-state index in [0.29, 0.717) is 12.3 Å². The lowest BCUT2D eigenvalue weighted by Crippen LogP contribution is -2.51. The monoisotopic (exact) mass is 257 g/mol. The predicted molar refractivity (Wildman–Crippen MR) is 72.4 cm³/mol. The molecule has 18 heavy (non-hydrogen) atoms. The molecule has 0 radical (unpaired) electrons. The van der Waals surface area contributed by atoms with Crippen LogP contribution in [-0.2, 0) is 9.59 Å². The Morgan fingerprint density at radius 1 is 1.28 bits per heavy atom. The quantitative estimate of drug-likeness (QED) is 0.727. The van der Waals surface area contributed by atoms with Gasteiger partial charge in [-0.05, 0) is 26.2 Å². The summed E-state index contributed by atoms with van der Waals surface area (Å²) in [5.74, 6) is -0.685. The molecule has 0 aliphatic heterocycles. The number of hydrogen-bond acceptors (Lipinski definition) is 2. The number of carboxylic acids is 1. The molecule has 1 amide bonds. The van der Waals surface area contributed by atoms with Crippen LogP contribution < -0.4 is 0 Å². The third-order valence-corrected chi connectivity index (χ3v) is 3.74. The largest absolute Gasteiger partial charge is 0.480 e. The Kier molecular flexibility index (Phi) is 6.96. The minimum atomic E-state index is -1.14. The van der Waals surface area contributed by atoms with Crippen LogP contribution in [0.25, 0.3) is 0 Å². The van der Waals surface area contributed by atoms with Crippen LogP contribution in [0.4, 0.5) is 0 Å². The fraction of sp³-hybridized carbons (Fsp3) is 0.857. The Bertz CT molecular complexity index is 287. The van der Waals surface area contributed by atoms with E-state index in [1.54, 1.807) is 20.9 Å². The molecule has 0 aromatic carbocycles. The van der Waals surface area contributed by atoms with Crippen LogP contribution in [-0.4, -0.2) is 34.5 Å². The van der Waals surface area contributed by atoms with Crippen molar-refractivity contribution >= 4 is 11.9 Å². The van der Waals surface area contributed by atoms with E-state index in [9.17, 15) is 9.59 Å². The first kappa shape index (κ1) is 16.9. The van der Waals surface area contributed by atoms with Gasteiger partial charge in [-0.25, -0.2) is 4.79 Å². The van der Waals surface area contributed by atoms with E-state index < -0.39 is 11.5 Å². The van der Waals surface area contributed by atoms with E-state index in [1.165, 1.54) is 4.90 Å². The molecule has 0 fully saturated rings. The number of carbonyl (C=O) groups excluding carboxylic acids is 1. The molecule has 0 bridgehead atoms. The van der Waals surface area contributed by atoms with E-state index in [-0.39, 0.29) is 5.91 Å². The molecule has 0 aliphatic rings. The predicted octanol–water partition coefficient (Wildman–Crippen LogP) is 2.91. The van der Waals surface area contributed by atoms with Crippen molar-refractivity contribution in [2.24, 2.45) is 5.92 Å². The topological polar surface area (TPSA) is 57.6 Å². The number of nitrogens with zero attached hydrogens (tertiary/aromatic N) is 1. The summed E-state index contributed by atoms with van der Waals surface area (Å²) < 4.78 is 0. The van der Waals surface area contributed by atoms with Crippen LogP contribution in [0.1, 0.15) is 59.8 Å². The molecule has 0 rings (SSSR count). The van der Waals surface area contributed by atoms with Crippen molar-refractivity contribution < 1.29 is 14.7 Å². The summed E-state index contributed by atoms with van der Waals surface area (Å²) >= 11 is 0. The molecule has 1 N–H and O–H groups in total. The van der Waals surface area contributed by atoms with Crippen LogP contribution in [0, 0.1) is 5.92 Å². The van der Waals surface area contributed by atoms with Crippen molar-refractivity contribution in [1.29, 1.82) is 0 Å². The van der Waals surface area contributed by atoms with E-state index in [1.807, 2.05) is 0 Å². The molecule has 1 atom stereocenters. The first-order chi connectivity index (χ1) is 8.27. The highest BCUT2D eigenvalue weighted by molar-refractivity contribution is 5.86. The highest BCUT2D eigenvalue weighted by Crippen LogP contribution is 2.21. The minimum absolute atomic E-state index is 0.0784. The van der Waals surface area contributed by atoms with Crippen molar-refractivity contribution in [3.8, 4) is 0 Å². The molecule has 4 heteroatoms. The van der Waals surface area contributed by atoms with Crippen molar-refractivity contribution in [1.82, 2.24) is 4.90 Å². The summed E-state index contributed by atoms with van der Waals surface area (Å²) in [7, 11) is 1.57. The fourth-order valence-corrected chi connectivity index (χ4v) is 1.78. The lowest BCUT2D eigenvalue weighted by atomic mass is 9.94. The summed E-state index contributed by atoms with van der Waals surface area (Å²) in [6, 6.07) is 0. The smallest absolute Gasteiger partial charge is 0.329 e. The van der Waals surface area contributed by atoms with Gasteiger partial charge in [0.2, 0.25) is 5.91 Å². The number of hydrogen-bond donors (Lipinski definition) is 1. The van der Waals surface area contributed by atoms with Gasteiger partial charge < -0.3 is 10.0 Å². The summed E-state index contributed by atoms with van der Waals surface area (Å²) in [6.45, 7) is 7.32. The molecule has 0 saturated carbocycles. The normalized spacial score (nSPS) is 13.2. The number of carbonyl (C=O) groups is 2. The zero-order valence-corrected chi connectivity index (χ0v) is 12.3. The van der Waals surface area contributed by atoms with Crippen LogP contribution >= 0.6 is 0 Å². The maximum atomic E-state index is 12.1. The van der Waals surface area contributed by atoms with Gasteiger partial charge in [-0.1, -0.05) is 33.1 Å². The maximum Gasteiger partial charge on any atom is 0.329 e. The van der Waals surface area contributed by atoms with Crippen LogP contribution in [0.2, 0.25) is 0 Å². The zero-order valence-electron chi connectivity index (χ0n) is 12.3. The summed E-state index contributed by atoms with van der Waals surface area (Å²) in [5, 5.41) is 9.10. The molecule has 0 aromatic rings. The van der Waals surface area contributed by atoms with Gasteiger partial charge in [0, 0.05) is 13.5 Å². The van der Waals surface area contributed by atoms with Crippen LogP contribution in [0.3, 0.4) is 0 Å². The number of carboxylic acid groups (broad SMARTS) is 1. The highest BCUT2D eigenvalue weighted by Gasteiger charge is 2.35. The van der Waals surface area contributed by atoms with Gasteiger partial charge in [0.15, 0.2) is 0 Å². The van der Waals surface area contributed by atoms with Crippen molar-refractivity contribution in [3.05, 3.63) is 0 Å². The standard InChI is InChI=1S/C14H27NO3/c1-6-8-9-11(7-2)10-12(16)15(5)14(3,4)13(17)18/h11H,6-10H2,1-5H3,(H,17,18). The molecule has 4 nitrogen and oxygen atoms in total. The first-order valence-corrected chi connectivity index (χ1v) is 6.77. The van der Waals surface area contributed by atoms with Gasteiger partial charge in [-0.3, -0.25) is 4.79 Å². The number of rotatable bonds is 8. The number of aliphatic carboxylic acids is 1. The molecule has 106 valence electrons. The second-order valence-electron chi connectivity index (χ2n) is 5.44. The van der Waals surface area contributed by atoms with Gasteiger partial charge in [-0.2, -0.15) is 0 Å². The van der Waals surface area contributed by atoms with Gasteiger partial charge in [-0.15, -0.1) is 0 Å². The summed E-state index contributed by atoms with van der Waals surface area (Å²) in [4.78, 5) is 24.5. The molecule has 0 heterocycles. The van der Waals surface area contributed by atoms with Gasteiger partial charge >= 0.3 is 5.97 Å². The van der Waals surface area contributed by atoms with Crippen molar-refractivity contribution in [2.45, 2.75) is 65.3 Å². The fourth-order valence-electron chi connectivity index (χ4n) is 1.78. The Morgan fingerprint density at radius 3 is 2.22 bits per heavy atom. The molecule has 0 aliphatic carbocycles. The Hall–Kier alpha value is -1.06. The lowest BCUT2D eigenvalue weighted by molar-refractivity contribution is -0.155. The van der Waals surface area contributed by atoms with Crippen molar-refractivity contribution in [3.63, 3.8) is 0 Å². The zero-order chi connectivity index (χ0) is 14.3. The molecule has 0 aromatic heterocycles. The second-order valence-corrected chi connectivity index (χ2v) is 5.44. The third-order valence-electron chi connectivity index (χ3n) is 3.74. The maximum absolute atomic E-state index is 12.1. The minimum Gasteiger partial charge on any atom is -0.480 e. The molecular formula is C14H27NO3.